The molecule has 1 unspecified atom stereocenters. The van der Waals surface area contributed by atoms with Crippen molar-refractivity contribution >= 4 is 30.2 Å². The lowest BCUT2D eigenvalue weighted by Gasteiger charge is -2.20. The summed E-state index contributed by atoms with van der Waals surface area (Å²) in [5.74, 6) is -0.972. The Labute approximate surface area is 111 Å². The van der Waals surface area contributed by atoms with Crippen molar-refractivity contribution in [2.45, 2.75) is 25.0 Å². The van der Waals surface area contributed by atoms with Crippen LogP contribution in [0.1, 0.15) is 29.3 Å². The molecule has 4 nitrogen and oxygen atoms in total. The van der Waals surface area contributed by atoms with E-state index < -0.39 is 5.97 Å². The third kappa shape index (κ3) is 2.36. The van der Waals surface area contributed by atoms with Gasteiger partial charge in [0.05, 0.1) is 5.56 Å². The molecule has 1 aromatic rings. The number of amides is 1. The average molecular weight is 265 g/mol. The van der Waals surface area contributed by atoms with Gasteiger partial charge >= 0.3 is 5.97 Å². The van der Waals surface area contributed by atoms with Crippen LogP contribution in [0.2, 0.25) is 0 Å². The molecule has 0 bridgehead atoms. The molecular formula is C13H15NO3S. The highest BCUT2D eigenvalue weighted by Gasteiger charge is 2.29. The number of carbonyl (C=O) groups is 2. The summed E-state index contributed by atoms with van der Waals surface area (Å²) in [6.07, 6.45) is 1.17. The highest BCUT2D eigenvalue weighted by Crippen LogP contribution is 2.28. The van der Waals surface area contributed by atoms with Gasteiger partial charge in [0.15, 0.2) is 0 Å². The summed E-state index contributed by atoms with van der Waals surface area (Å²) in [5, 5.41) is 9.04. The number of hydrogen-bond acceptors (Lipinski definition) is 3. The summed E-state index contributed by atoms with van der Waals surface area (Å²) in [6, 6.07) is 4.92. The highest BCUT2D eigenvalue weighted by atomic mass is 32.1. The van der Waals surface area contributed by atoms with E-state index in [-0.39, 0.29) is 16.7 Å². The molecule has 1 heterocycles. The molecule has 0 aliphatic carbocycles. The van der Waals surface area contributed by atoms with Crippen molar-refractivity contribution in [1.82, 2.24) is 0 Å². The van der Waals surface area contributed by atoms with Gasteiger partial charge in [-0.3, -0.25) is 4.79 Å². The molecule has 1 amide bonds. The van der Waals surface area contributed by atoms with Crippen molar-refractivity contribution < 1.29 is 14.7 Å². The molecule has 1 aliphatic rings. The van der Waals surface area contributed by atoms with E-state index in [1.165, 1.54) is 0 Å². The molecule has 96 valence electrons. The maximum absolute atomic E-state index is 11.9. The Morgan fingerprint density at radius 1 is 1.56 bits per heavy atom. The van der Waals surface area contributed by atoms with Crippen molar-refractivity contribution in [2.24, 2.45) is 0 Å². The zero-order valence-corrected chi connectivity index (χ0v) is 11.0. The number of rotatable bonds is 3. The lowest BCUT2D eigenvalue weighted by Crippen LogP contribution is -2.26. The van der Waals surface area contributed by atoms with Crippen LogP contribution in [0.3, 0.4) is 0 Å². The van der Waals surface area contributed by atoms with E-state index in [2.05, 4.69) is 12.6 Å². The maximum atomic E-state index is 11.9. The Hall–Kier alpha value is -1.49. The van der Waals surface area contributed by atoms with Gasteiger partial charge in [-0.05, 0) is 24.1 Å². The largest absolute Gasteiger partial charge is 0.478 e. The first-order valence-electron chi connectivity index (χ1n) is 5.87. The number of carboxylic acids is 1. The van der Waals surface area contributed by atoms with E-state index >= 15 is 0 Å². The summed E-state index contributed by atoms with van der Waals surface area (Å²) in [4.78, 5) is 24.5. The second kappa shape index (κ2) is 5.02. The van der Waals surface area contributed by atoms with Crippen LogP contribution in [0.5, 0.6) is 0 Å². The monoisotopic (exact) mass is 265 g/mol. The average Bonchev–Trinajstić information content (AvgIpc) is 2.67. The van der Waals surface area contributed by atoms with E-state index in [1.807, 2.05) is 6.92 Å². The Bertz CT molecular complexity index is 501. The van der Waals surface area contributed by atoms with Crippen molar-refractivity contribution in [2.75, 3.05) is 11.4 Å². The molecule has 5 heteroatoms. The zero-order chi connectivity index (χ0) is 13.3. The number of thiol groups is 1. The molecule has 0 spiro atoms. The highest BCUT2D eigenvalue weighted by molar-refractivity contribution is 7.81. The number of carbonyl (C=O) groups excluding carboxylic acids is 1. The van der Waals surface area contributed by atoms with Gasteiger partial charge in [0, 0.05) is 23.9 Å². The van der Waals surface area contributed by atoms with Crippen LogP contribution < -0.4 is 4.90 Å². The first-order chi connectivity index (χ1) is 8.52. The molecule has 1 N–H and O–H groups in total. The lowest BCUT2D eigenvalue weighted by molar-refractivity contribution is -0.117. The van der Waals surface area contributed by atoms with Crippen LogP contribution in [0.4, 0.5) is 5.69 Å². The fourth-order valence-corrected chi connectivity index (χ4v) is 2.49. The van der Waals surface area contributed by atoms with Crippen molar-refractivity contribution in [3.63, 3.8) is 0 Å². The fraction of sp³-hybridized carbons (Fsp3) is 0.385. The van der Waals surface area contributed by atoms with E-state index in [0.29, 0.717) is 18.7 Å². The minimum Gasteiger partial charge on any atom is -0.478 e. The first kappa shape index (κ1) is 13.0. The zero-order valence-electron chi connectivity index (χ0n) is 10.1. The Morgan fingerprint density at radius 3 is 2.78 bits per heavy atom. The third-order valence-corrected chi connectivity index (χ3v) is 3.45. The number of hydrogen-bond donors (Lipinski definition) is 2. The van der Waals surface area contributed by atoms with Gasteiger partial charge in [0.2, 0.25) is 5.91 Å². The molecule has 18 heavy (non-hydrogen) atoms. The summed E-state index contributed by atoms with van der Waals surface area (Å²) in [5.41, 5.74) is 1.90. The normalized spacial score (nSPS) is 19.3. The van der Waals surface area contributed by atoms with Gasteiger partial charge in [-0.1, -0.05) is 13.0 Å². The second-order valence-electron chi connectivity index (χ2n) is 4.36. The van der Waals surface area contributed by atoms with Crippen molar-refractivity contribution in [1.29, 1.82) is 0 Å². The van der Waals surface area contributed by atoms with E-state index in [4.69, 9.17) is 5.11 Å². The van der Waals surface area contributed by atoms with Gasteiger partial charge in [-0.2, -0.15) is 12.6 Å². The van der Waals surface area contributed by atoms with E-state index in [9.17, 15) is 9.59 Å². The molecule has 1 fully saturated rings. The van der Waals surface area contributed by atoms with Crippen molar-refractivity contribution in [3.8, 4) is 0 Å². The number of aromatic carboxylic acids is 1. The molecular weight excluding hydrogens is 250 g/mol. The lowest BCUT2D eigenvalue weighted by atomic mass is 10.1. The van der Waals surface area contributed by atoms with Gasteiger partial charge in [0.25, 0.3) is 0 Å². The molecule has 1 saturated heterocycles. The van der Waals surface area contributed by atoms with Crippen LogP contribution in [0, 0.1) is 0 Å². The molecule has 1 aliphatic heterocycles. The summed E-state index contributed by atoms with van der Waals surface area (Å²) >= 11 is 4.31. The third-order valence-electron chi connectivity index (χ3n) is 3.11. The van der Waals surface area contributed by atoms with Crippen LogP contribution in [-0.4, -0.2) is 28.8 Å². The van der Waals surface area contributed by atoms with E-state index in [0.717, 1.165) is 12.0 Å². The number of aryl methyl sites for hydroxylation is 1. The Morgan fingerprint density at radius 2 is 2.28 bits per heavy atom. The minimum atomic E-state index is -0.979. The smallest absolute Gasteiger partial charge is 0.335 e. The molecule has 0 radical (unpaired) electrons. The van der Waals surface area contributed by atoms with Gasteiger partial charge in [0.1, 0.15) is 0 Å². The Balaban J connectivity index is 2.44. The van der Waals surface area contributed by atoms with Gasteiger partial charge in [-0.15, -0.1) is 0 Å². The number of anilines is 1. The number of benzene rings is 1. The fourth-order valence-electron chi connectivity index (χ4n) is 2.17. The summed E-state index contributed by atoms with van der Waals surface area (Å²) in [7, 11) is 0. The minimum absolute atomic E-state index is 0.00670. The predicted octanol–water partition coefficient (Wildman–Crippen LogP) is 1.98. The molecule has 2 rings (SSSR count). The van der Waals surface area contributed by atoms with Crippen LogP contribution in [0.15, 0.2) is 18.2 Å². The van der Waals surface area contributed by atoms with Crippen LogP contribution in [-0.2, 0) is 11.2 Å². The quantitative estimate of drug-likeness (QED) is 0.822. The van der Waals surface area contributed by atoms with Crippen LogP contribution >= 0.6 is 12.6 Å². The molecule has 1 aromatic carbocycles. The number of carboxylic acid groups (broad SMARTS) is 1. The van der Waals surface area contributed by atoms with Gasteiger partial charge < -0.3 is 10.0 Å². The summed E-state index contributed by atoms with van der Waals surface area (Å²) < 4.78 is 0. The SMILES string of the molecule is CCc1ccc(C(=O)O)cc1N1CC(S)CC1=O. The van der Waals surface area contributed by atoms with Gasteiger partial charge in [-0.25, -0.2) is 4.79 Å². The maximum Gasteiger partial charge on any atom is 0.335 e. The molecule has 0 saturated carbocycles. The standard InChI is InChI=1S/C13H15NO3S/c1-2-8-3-4-9(13(16)17)5-11(8)14-7-10(18)6-12(14)15/h3-5,10,18H,2,6-7H2,1H3,(H,16,17). The first-order valence-corrected chi connectivity index (χ1v) is 6.39. The second-order valence-corrected chi connectivity index (χ2v) is 5.09. The van der Waals surface area contributed by atoms with Crippen molar-refractivity contribution in [3.05, 3.63) is 29.3 Å². The topological polar surface area (TPSA) is 57.6 Å². The molecule has 1 atom stereocenters. The number of nitrogens with zero attached hydrogens (tertiary/aromatic N) is 1. The predicted molar refractivity (Wildman–Crippen MR) is 72.5 cm³/mol. The van der Waals surface area contributed by atoms with E-state index in [1.54, 1.807) is 23.1 Å². The van der Waals surface area contributed by atoms with Crippen LogP contribution in [0.25, 0.3) is 0 Å². The molecule has 0 aromatic heterocycles. The Kier molecular flexibility index (Phi) is 3.61. The summed E-state index contributed by atoms with van der Waals surface area (Å²) in [6.45, 7) is 2.52.